The maximum Gasteiger partial charge on any atom is 0.407 e. The van der Waals surface area contributed by atoms with Crippen molar-refractivity contribution < 1.29 is 28.7 Å². The maximum atomic E-state index is 12.7. The van der Waals surface area contributed by atoms with Crippen LogP contribution >= 0.6 is 0 Å². The Kier molecular flexibility index (Phi) is 8.31. The number of carbonyl (C=O) groups is 5. The van der Waals surface area contributed by atoms with E-state index in [4.69, 9.17) is 4.74 Å². The Hall–Kier alpha value is -4.21. The highest BCUT2D eigenvalue weighted by Crippen LogP contribution is 2.25. The smallest absolute Gasteiger partial charge is 0.407 e. The first-order chi connectivity index (χ1) is 17.4. The number of amides is 5. The Morgan fingerprint density at radius 3 is 2.32 bits per heavy atom. The Labute approximate surface area is 215 Å². The molecule has 0 saturated heterocycles. The van der Waals surface area contributed by atoms with Crippen molar-refractivity contribution in [2.45, 2.75) is 59.2 Å². The van der Waals surface area contributed by atoms with Crippen molar-refractivity contribution >= 4 is 35.4 Å². The van der Waals surface area contributed by atoms with E-state index in [9.17, 15) is 24.0 Å². The Morgan fingerprint density at radius 1 is 0.946 bits per heavy atom. The molecule has 0 atom stereocenters. The molecule has 3 rings (SSSR count). The summed E-state index contributed by atoms with van der Waals surface area (Å²) >= 11 is 0. The minimum Gasteiger partial charge on any atom is -0.444 e. The van der Waals surface area contributed by atoms with Crippen molar-refractivity contribution in [2.24, 2.45) is 0 Å². The van der Waals surface area contributed by atoms with E-state index in [1.54, 1.807) is 58.9 Å². The summed E-state index contributed by atoms with van der Waals surface area (Å²) in [6.07, 6.45) is -0.525. The van der Waals surface area contributed by atoms with Crippen LogP contribution < -0.4 is 16.0 Å². The van der Waals surface area contributed by atoms with Gasteiger partial charge in [-0.3, -0.25) is 24.1 Å². The summed E-state index contributed by atoms with van der Waals surface area (Å²) in [5.74, 6) is -1.45. The van der Waals surface area contributed by atoms with Crippen LogP contribution in [0.3, 0.4) is 0 Å². The van der Waals surface area contributed by atoms with E-state index in [1.807, 2.05) is 0 Å². The Balaban J connectivity index is 1.53. The van der Waals surface area contributed by atoms with E-state index < -0.39 is 23.5 Å². The van der Waals surface area contributed by atoms with Crippen LogP contribution in [0.4, 0.5) is 10.5 Å². The molecule has 3 N–H and O–H groups in total. The molecular weight excluding hydrogens is 476 g/mol. The van der Waals surface area contributed by atoms with E-state index in [1.165, 1.54) is 23.1 Å². The molecule has 1 heterocycles. The molecule has 5 amide bonds. The van der Waals surface area contributed by atoms with Gasteiger partial charge in [0.25, 0.3) is 17.7 Å². The van der Waals surface area contributed by atoms with E-state index in [-0.39, 0.29) is 48.5 Å². The second-order valence-corrected chi connectivity index (χ2v) is 9.94. The number of hydrogen-bond donors (Lipinski definition) is 3. The molecule has 10 nitrogen and oxygen atoms in total. The van der Waals surface area contributed by atoms with Crippen molar-refractivity contribution in [3.63, 3.8) is 0 Å². The lowest BCUT2D eigenvalue weighted by Gasteiger charge is -2.19. The van der Waals surface area contributed by atoms with Gasteiger partial charge in [0.2, 0.25) is 5.91 Å². The van der Waals surface area contributed by atoms with Crippen molar-refractivity contribution in [3.05, 3.63) is 64.7 Å². The summed E-state index contributed by atoms with van der Waals surface area (Å²) in [5.41, 5.74) is 1.46. The van der Waals surface area contributed by atoms with E-state index in [0.717, 1.165) is 5.56 Å². The summed E-state index contributed by atoms with van der Waals surface area (Å²) in [6.45, 7) is 9.09. The zero-order valence-electron chi connectivity index (χ0n) is 21.6. The predicted molar refractivity (Wildman–Crippen MR) is 137 cm³/mol. The Bertz CT molecular complexity index is 1230. The zero-order valence-corrected chi connectivity index (χ0v) is 21.6. The highest BCUT2D eigenvalue weighted by atomic mass is 16.6. The molecule has 10 heteroatoms. The SMILES string of the molecule is CC(C)N1C(=O)c2ccc(C(=O)NCc3cccc(NC(=O)CCNC(=O)OC(C)(C)C)c3)cc2C1=O. The lowest BCUT2D eigenvalue weighted by Crippen LogP contribution is -2.35. The van der Waals surface area contributed by atoms with Crippen LogP contribution in [0.1, 0.15) is 77.7 Å². The molecule has 0 aromatic heterocycles. The first-order valence-electron chi connectivity index (χ1n) is 12.0. The molecule has 0 bridgehead atoms. The van der Waals surface area contributed by atoms with E-state index in [2.05, 4.69) is 16.0 Å². The van der Waals surface area contributed by atoms with Crippen LogP contribution in [-0.2, 0) is 16.1 Å². The quantitative estimate of drug-likeness (QED) is 0.468. The average molecular weight is 509 g/mol. The normalized spacial score (nSPS) is 12.9. The summed E-state index contributed by atoms with van der Waals surface area (Å²) in [4.78, 5) is 62.8. The van der Waals surface area contributed by atoms with Crippen molar-refractivity contribution in [3.8, 4) is 0 Å². The van der Waals surface area contributed by atoms with Gasteiger partial charge >= 0.3 is 6.09 Å². The van der Waals surface area contributed by atoms with Crippen LogP contribution in [0.15, 0.2) is 42.5 Å². The number of rotatable bonds is 8. The number of carbonyl (C=O) groups excluding carboxylic acids is 5. The number of nitrogens with zero attached hydrogens (tertiary/aromatic N) is 1. The van der Waals surface area contributed by atoms with E-state index >= 15 is 0 Å². The molecule has 0 aliphatic carbocycles. The third-order valence-electron chi connectivity index (χ3n) is 5.38. The van der Waals surface area contributed by atoms with Gasteiger partial charge in [0.1, 0.15) is 5.60 Å². The predicted octanol–water partition coefficient (Wildman–Crippen LogP) is 3.47. The fraction of sp³-hybridized carbons (Fsp3) is 0.370. The molecule has 0 fully saturated rings. The monoisotopic (exact) mass is 508 g/mol. The second-order valence-electron chi connectivity index (χ2n) is 9.94. The molecule has 2 aromatic rings. The second kappa shape index (κ2) is 11.2. The zero-order chi connectivity index (χ0) is 27.3. The lowest BCUT2D eigenvalue weighted by molar-refractivity contribution is -0.116. The highest BCUT2D eigenvalue weighted by Gasteiger charge is 2.37. The highest BCUT2D eigenvalue weighted by molar-refractivity contribution is 6.22. The number of imide groups is 1. The average Bonchev–Trinajstić information content (AvgIpc) is 3.06. The van der Waals surface area contributed by atoms with Crippen LogP contribution in [0.5, 0.6) is 0 Å². The lowest BCUT2D eigenvalue weighted by atomic mass is 10.1. The molecule has 0 saturated carbocycles. The number of alkyl carbamates (subject to hydrolysis) is 1. The molecule has 37 heavy (non-hydrogen) atoms. The van der Waals surface area contributed by atoms with Gasteiger partial charge in [0, 0.05) is 36.8 Å². The van der Waals surface area contributed by atoms with E-state index in [0.29, 0.717) is 11.3 Å². The largest absolute Gasteiger partial charge is 0.444 e. The number of anilines is 1. The maximum absolute atomic E-state index is 12.7. The first kappa shape index (κ1) is 27.4. The molecule has 1 aliphatic rings. The third kappa shape index (κ3) is 7.16. The van der Waals surface area contributed by atoms with Crippen molar-refractivity contribution in [1.29, 1.82) is 0 Å². The summed E-state index contributed by atoms with van der Waals surface area (Å²) in [7, 11) is 0. The summed E-state index contributed by atoms with van der Waals surface area (Å²) < 4.78 is 5.13. The number of nitrogens with one attached hydrogen (secondary N) is 3. The van der Waals surface area contributed by atoms with Crippen molar-refractivity contribution in [1.82, 2.24) is 15.5 Å². The molecule has 1 aliphatic heterocycles. The van der Waals surface area contributed by atoms with Gasteiger partial charge in [-0.2, -0.15) is 0 Å². The number of hydrogen-bond acceptors (Lipinski definition) is 6. The molecule has 0 spiro atoms. The number of benzene rings is 2. The van der Waals surface area contributed by atoms with Gasteiger partial charge in [-0.1, -0.05) is 12.1 Å². The molecule has 0 unspecified atom stereocenters. The van der Waals surface area contributed by atoms with Gasteiger partial charge in [-0.05, 0) is 70.5 Å². The van der Waals surface area contributed by atoms with Gasteiger partial charge in [0.15, 0.2) is 0 Å². The summed E-state index contributed by atoms with van der Waals surface area (Å²) in [5, 5.41) is 8.08. The standard InChI is InChI=1S/C27H32N4O6/c1-16(2)31-24(34)20-10-9-18(14-21(20)25(31)35)23(33)29-15-17-7-6-8-19(13-17)30-22(32)11-12-28-26(36)37-27(3,4)5/h6-10,13-14,16H,11-12,15H2,1-5H3,(H,28,36)(H,29,33)(H,30,32). The van der Waals surface area contributed by atoms with Crippen molar-refractivity contribution in [2.75, 3.05) is 11.9 Å². The van der Waals surface area contributed by atoms with Crippen LogP contribution in [-0.4, -0.2) is 52.8 Å². The minimum atomic E-state index is -0.617. The Morgan fingerprint density at radius 2 is 1.65 bits per heavy atom. The van der Waals surface area contributed by atoms with Gasteiger partial charge in [-0.25, -0.2) is 4.79 Å². The van der Waals surface area contributed by atoms with Crippen LogP contribution in [0, 0.1) is 0 Å². The van der Waals surface area contributed by atoms with Gasteiger partial charge in [0.05, 0.1) is 11.1 Å². The fourth-order valence-corrected chi connectivity index (χ4v) is 3.73. The molecular formula is C27H32N4O6. The summed E-state index contributed by atoms with van der Waals surface area (Å²) in [6, 6.07) is 11.2. The topological polar surface area (TPSA) is 134 Å². The molecule has 196 valence electrons. The fourth-order valence-electron chi connectivity index (χ4n) is 3.73. The number of fused-ring (bicyclic) bond motifs is 1. The third-order valence-corrected chi connectivity index (χ3v) is 5.38. The first-order valence-corrected chi connectivity index (χ1v) is 12.0. The van der Waals surface area contributed by atoms with Gasteiger partial charge in [-0.15, -0.1) is 0 Å². The van der Waals surface area contributed by atoms with Crippen LogP contribution in [0.2, 0.25) is 0 Å². The molecule has 0 radical (unpaired) electrons. The molecule has 2 aromatic carbocycles. The van der Waals surface area contributed by atoms with Crippen LogP contribution in [0.25, 0.3) is 0 Å². The number of ether oxygens (including phenoxy) is 1. The van der Waals surface area contributed by atoms with Gasteiger partial charge < -0.3 is 20.7 Å². The minimum absolute atomic E-state index is 0.0635.